The van der Waals surface area contributed by atoms with E-state index >= 15 is 0 Å². The van der Waals surface area contributed by atoms with Crippen LogP contribution in [0.1, 0.15) is 40.5 Å². The molecule has 0 aromatic rings. The quantitative estimate of drug-likeness (QED) is 0.407. The van der Waals surface area contributed by atoms with E-state index in [1.165, 1.54) is 0 Å². The van der Waals surface area contributed by atoms with Crippen LogP contribution in [0.5, 0.6) is 0 Å². The third-order valence-corrected chi connectivity index (χ3v) is 5.73. The first-order chi connectivity index (χ1) is 13.1. The van der Waals surface area contributed by atoms with Gasteiger partial charge in [0.2, 0.25) is 0 Å². The highest BCUT2D eigenvalue weighted by molar-refractivity contribution is 5.80. The molecule has 27 heavy (non-hydrogen) atoms. The van der Waals surface area contributed by atoms with E-state index < -0.39 is 0 Å². The molecule has 2 aliphatic rings. The van der Waals surface area contributed by atoms with Crippen molar-refractivity contribution in [2.45, 2.75) is 46.6 Å². The van der Waals surface area contributed by atoms with Gasteiger partial charge in [-0.15, -0.1) is 0 Å². The predicted octanol–water partition coefficient (Wildman–Crippen LogP) is 1.25. The summed E-state index contributed by atoms with van der Waals surface area (Å²) in [5, 5.41) is 3.43. The fourth-order valence-electron chi connectivity index (χ4n) is 3.87. The summed E-state index contributed by atoms with van der Waals surface area (Å²) in [7, 11) is 0. The van der Waals surface area contributed by atoms with Gasteiger partial charge < -0.3 is 19.9 Å². The number of hydrogen-bond acceptors (Lipinski definition) is 5. The van der Waals surface area contributed by atoms with Gasteiger partial charge in [-0.1, -0.05) is 6.92 Å². The maximum Gasteiger partial charge on any atom is 0.309 e. The maximum atomic E-state index is 11.9. The SMILES string of the molecule is CCNC(=NCC(C)N1CCN(CC)CC1)N1CCC(C(=O)OCC)CC1. The number of carbonyl (C=O) groups is 1. The molecule has 0 aliphatic carbocycles. The molecule has 1 unspecified atom stereocenters. The Morgan fingerprint density at radius 2 is 1.78 bits per heavy atom. The van der Waals surface area contributed by atoms with Crippen molar-refractivity contribution in [1.82, 2.24) is 20.0 Å². The highest BCUT2D eigenvalue weighted by atomic mass is 16.5. The van der Waals surface area contributed by atoms with Crippen molar-refractivity contribution in [3.05, 3.63) is 0 Å². The Morgan fingerprint density at radius 1 is 1.11 bits per heavy atom. The predicted molar refractivity (Wildman–Crippen MR) is 110 cm³/mol. The van der Waals surface area contributed by atoms with E-state index in [0.717, 1.165) is 77.7 Å². The van der Waals surface area contributed by atoms with Crippen LogP contribution >= 0.6 is 0 Å². The fourth-order valence-corrected chi connectivity index (χ4v) is 3.87. The lowest BCUT2D eigenvalue weighted by Gasteiger charge is -2.37. The molecule has 1 atom stereocenters. The van der Waals surface area contributed by atoms with Gasteiger partial charge in [-0.05, 0) is 40.2 Å². The third kappa shape index (κ3) is 6.64. The average Bonchev–Trinajstić information content (AvgIpc) is 2.71. The Balaban J connectivity index is 1.84. The van der Waals surface area contributed by atoms with Crippen LogP contribution in [0.15, 0.2) is 4.99 Å². The second-order valence-electron chi connectivity index (χ2n) is 7.53. The Hall–Kier alpha value is -1.34. The molecule has 156 valence electrons. The number of esters is 1. The number of ether oxygens (including phenoxy) is 1. The Bertz CT molecular complexity index is 469. The van der Waals surface area contributed by atoms with Crippen LogP contribution in [0.3, 0.4) is 0 Å². The van der Waals surface area contributed by atoms with Gasteiger partial charge in [0.05, 0.1) is 19.1 Å². The van der Waals surface area contributed by atoms with Crippen molar-refractivity contribution in [3.8, 4) is 0 Å². The highest BCUT2D eigenvalue weighted by Crippen LogP contribution is 2.19. The van der Waals surface area contributed by atoms with Crippen molar-refractivity contribution < 1.29 is 9.53 Å². The zero-order chi connectivity index (χ0) is 19.6. The fraction of sp³-hybridized carbons (Fsp3) is 0.900. The van der Waals surface area contributed by atoms with E-state index in [-0.39, 0.29) is 11.9 Å². The summed E-state index contributed by atoms with van der Waals surface area (Å²) in [6.45, 7) is 18.1. The van der Waals surface area contributed by atoms with Gasteiger partial charge in [-0.25, -0.2) is 0 Å². The minimum atomic E-state index is -0.0427. The molecular formula is C20H39N5O2. The molecule has 0 amide bonds. The third-order valence-electron chi connectivity index (χ3n) is 5.73. The number of rotatable bonds is 7. The molecule has 2 rings (SSSR count). The van der Waals surface area contributed by atoms with E-state index in [9.17, 15) is 4.79 Å². The van der Waals surface area contributed by atoms with Crippen LogP contribution in [0.2, 0.25) is 0 Å². The topological polar surface area (TPSA) is 60.4 Å². The highest BCUT2D eigenvalue weighted by Gasteiger charge is 2.27. The standard InChI is InChI=1S/C20H39N5O2/c1-5-21-20(25-10-8-18(9-11-25)19(26)27-7-3)22-16-17(4)24-14-12-23(6-2)13-15-24/h17-18H,5-16H2,1-4H3,(H,21,22). The number of guanidine groups is 1. The van der Waals surface area contributed by atoms with Crippen molar-refractivity contribution in [1.29, 1.82) is 0 Å². The number of hydrogen-bond donors (Lipinski definition) is 1. The van der Waals surface area contributed by atoms with Crippen LogP contribution < -0.4 is 5.32 Å². The first-order valence-electron chi connectivity index (χ1n) is 10.7. The van der Waals surface area contributed by atoms with Crippen LogP contribution in [-0.2, 0) is 9.53 Å². The van der Waals surface area contributed by atoms with Gasteiger partial charge in [-0.2, -0.15) is 0 Å². The van der Waals surface area contributed by atoms with Crippen molar-refractivity contribution in [3.63, 3.8) is 0 Å². The molecule has 0 bridgehead atoms. The van der Waals surface area contributed by atoms with Crippen LogP contribution in [0.25, 0.3) is 0 Å². The molecule has 0 saturated carbocycles. The summed E-state index contributed by atoms with van der Waals surface area (Å²) < 4.78 is 5.17. The smallest absolute Gasteiger partial charge is 0.309 e. The number of nitrogens with one attached hydrogen (secondary N) is 1. The minimum absolute atomic E-state index is 0.0397. The molecule has 0 radical (unpaired) electrons. The zero-order valence-corrected chi connectivity index (χ0v) is 17.7. The number of piperidine rings is 1. The number of nitrogens with zero attached hydrogens (tertiary/aromatic N) is 4. The molecular weight excluding hydrogens is 342 g/mol. The second kappa shape index (κ2) is 11.5. The minimum Gasteiger partial charge on any atom is -0.466 e. The first kappa shape index (κ1) is 22.0. The molecule has 7 nitrogen and oxygen atoms in total. The summed E-state index contributed by atoms with van der Waals surface area (Å²) in [6.07, 6.45) is 1.69. The molecule has 2 aliphatic heterocycles. The molecule has 2 heterocycles. The van der Waals surface area contributed by atoms with E-state index in [2.05, 4.69) is 40.8 Å². The van der Waals surface area contributed by atoms with E-state index in [0.29, 0.717) is 12.6 Å². The van der Waals surface area contributed by atoms with Crippen LogP contribution in [0, 0.1) is 5.92 Å². The number of aliphatic imine (C=N–C) groups is 1. The molecule has 2 saturated heterocycles. The summed E-state index contributed by atoms with van der Waals surface area (Å²) in [6, 6.07) is 0.453. The lowest BCUT2D eigenvalue weighted by atomic mass is 9.97. The number of likely N-dealkylation sites (tertiary alicyclic amines) is 1. The van der Waals surface area contributed by atoms with Crippen LogP contribution in [-0.4, -0.2) is 98.2 Å². The molecule has 1 N–H and O–H groups in total. The van der Waals surface area contributed by atoms with Gasteiger partial charge in [0, 0.05) is 51.9 Å². The lowest BCUT2D eigenvalue weighted by molar-refractivity contribution is -0.149. The first-order valence-corrected chi connectivity index (χ1v) is 10.7. The zero-order valence-electron chi connectivity index (χ0n) is 17.7. The van der Waals surface area contributed by atoms with Gasteiger partial charge in [-0.3, -0.25) is 14.7 Å². The second-order valence-corrected chi connectivity index (χ2v) is 7.53. The van der Waals surface area contributed by atoms with E-state index in [4.69, 9.17) is 9.73 Å². The Labute approximate surface area is 165 Å². The summed E-state index contributed by atoms with van der Waals surface area (Å²) in [5.74, 6) is 0.982. The molecule has 7 heteroatoms. The number of piperazine rings is 1. The molecule has 0 aromatic heterocycles. The van der Waals surface area contributed by atoms with Gasteiger partial charge in [0.15, 0.2) is 5.96 Å². The summed E-state index contributed by atoms with van der Waals surface area (Å²) in [5.41, 5.74) is 0. The number of likely N-dealkylation sites (N-methyl/N-ethyl adjacent to an activating group) is 1. The van der Waals surface area contributed by atoms with Crippen molar-refractivity contribution in [2.75, 3.05) is 65.5 Å². The lowest BCUT2D eigenvalue weighted by Crippen LogP contribution is -2.51. The largest absolute Gasteiger partial charge is 0.466 e. The summed E-state index contributed by atoms with van der Waals surface area (Å²) >= 11 is 0. The van der Waals surface area contributed by atoms with Crippen molar-refractivity contribution in [2.24, 2.45) is 10.9 Å². The van der Waals surface area contributed by atoms with Crippen molar-refractivity contribution >= 4 is 11.9 Å². The van der Waals surface area contributed by atoms with E-state index in [1.54, 1.807) is 0 Å². The van der Waals surface area contributed by atoms with E-state index in [1.807, 2.05) is 6.92 Å². The molecule has 0 aromatic carbocycles. The van der Waals surface area contributed by atoms with Gasteiger partial charge in [0.1, 0.15) is 0 Å². The molecule has 2 fully saturated rings. The maximum absolute atomic E-state index is 11.9. The Morgan fingerprint density at radius 3 is 2.33 bits per heavy atom. The van der Waals surface area contributed by atoms with Crippen LogP contribution in [0.4, 0.5) is 0 Å². The summed E-state index contributed by atoms with van der Waals surface area (Å²) in [4.78, 5) is 24.2. The molecule has 0 spiro atoms. The number of carbonyl (C=O) groups excluding carboxylic acids is 1. The monoisotopic (exact) mass is 381 g/mol. The average molecular weight is 382 g/mol. The van der Waals surface area contributed by atoms with Gasteiger partial charge in [0.25, 0.3) is 0 Å². The normalized spacial score (nSPS) is 21.9. The van der Waals surface area contributed by atoms with Gasteiger partial charge >= 0.3 is 5.97 Å². The Kier molecular flexibility index (Phi) is 9.34.